The number of rotatable bonds is 7. The number of benzene rings is 2. The summed E-state index contributed by atoms with van der Waals surface area (Å²) in [5.41, 5.74) is 2.65. The Morgan fingerprint density at radius 2 is 1.96 bits per heavy atom. The molecule has 1 heterocycles. The summed E-state index contributed by atoms with van der Waals surface area (Å²) in [4.78, 5) is 16.9. The van der Waals surface area contributed by atoms with Gasteiger partial charge in [0.1, 0.15) is 11.5 Å². The van der Waals surface area contributed by atoms with Crippen LogP contribution < -0.4 is 10.1 Å². The van der Waals surface area contributed by atoms with Crippen molar-refractivity contribution in [2.24, 2.45) is 0 Å². The van der Waals surface area contributed by atoms with Gasteiger partial charge in [-0.3, -0.25) is 4.79 Å². The number of carbonyl (C=O) groups is 1. The van der Waals surface area contributed by atoms with Gasteiger partial charge in [-0.1, -0.05) is 29.8 Å². The highest BCUT2D eigenvalue weighted by molar-refractivity contribution is 6.30. The van der Waals surface area contributed by atoms with Crippen molar-refractivity contribution < 1.29 is 13.9 Å². The van der Waals surface area contributed by atoms with E-state index in [0.29, 0.717) is 29.6 Å². The average Bonchev–Trinajstić information content (AvgIpc) is 3.05. The average molecular weight is 399 g/mol. The molecule has 0 fully saturated rings. The molecular weight excluding hydrogens is 376 g/mol. The van der Waals surface area contributed by atoms with Gasteiger partial charge in [0.25, 0.3) is 5.91 Å². The van der Waals surface area contributed by atoms with Crippen LogP contribution in [0, 0.1) is 13.8 Å². The van der Waals surface area contributed by atoms with Crippen molar-refractivity contribution >= 4 is 17.5 Å². The van der Waals surface area contributed by atoms with Crippen LogP contribution in [0.25, 0.3) is 11.5 Å². The Morgan fingerprint density at radius 1 is 1.21 bits per heavy atom. The first-order valence-electron chi connectivity index (χ1n) is 9.16. The van der Waals surface area contributed by atoms with Crippen molar-refractivity contribution in [2.75, 3.05) is 6.54 Å². The number of aryl methyl sites for hydroxylation is 2. The van der Waals surface area contributed by atoms with Crippen molar-refractivity contribution in [3.63, 3.8) is 0 Å². The molecule has 0 bridgehead atoms. The molecule has 0 aliphatic heterocycles. The molecule has 0 saturated carbocycles. The largest absolute Gasteiger partial charge is 0.481 e. The maximum Gasteiger partial charge on any atom is 0.260 e. The molecule has 146 valence electrons. The Bertz CT molecular complexity index is 954. The third kappa shape index (κ3) is 4.93. The van der Waals surface area contributed by atoms with Gasteiger partial charge in [0.2, 0.25) is 5.89 Å². The van der Waals surface area contributed by atoms with Crippen LogP contribution in [0.4, 0.5) is 0 Å². The van der Waals surface area contributed by atoms with Crippen LogP contribution >= 0.6 is 11.6 Å². The number of nitrogens with zero attached hydrogens (tertiary/aromatic N) is 1. The van der Waals surface area contributed by atoms with Crippen molar-refractivity contribution in [1.82, 2.24) is 10.3 Å². The molecule has 0 aliphatic rings. The van der Waals surface area contributed by atoms with E-state index >= 15 is 0 Å². The van der Waals surface area contributed by atoms with Gasteiger partial charge in [-0.15, -0.1) is 0 Å². The minimum absolute atomic E-state index is 0.182. The van der Waals surface area contributed by atoms with E-state index in [1.807, 2.05) is 44.2 Å². The molecule has 6 heteroatoms. The fourth-order valence-corrected chi connectivity index (χ4v) is 3.03. The van der Waals surface area contributed by atoms with Crippen LogP contribution in [0.15, 0.2) is 52.9 Å². The second kappa shape index (κ2) is 8.93. The van der Waals surface area contributed by atoms with Gasteiger partial charge in [0, 0.05) is 23.6 Å². The number of oxazole rings is 1. The Labute approximate surface area is 169 Å². The Morgan fingerprint density at radius 3 is 2.68 bits per heavy atom. The summed E-state index contributed by atoms with van der Waals surface area (Å²) >= 11 is 5.95. The van der Waals surface area contributed by atoms with Gasteiger partial charge in [-0.2, -0.15) is 0 Å². The predicted octanol–water partition coefficient (Wildman–Crippen LogP) is 4.74. The predicted molar refractivity (Wildman–Crippen MR) is 110 cm³/mol. The molecule has 28 heavy (non-hydrogen) atoms. The molecule has 1 aromatic heterocycles. The van der Waals surface area contributed by atoms with Crippen molar-refractivity contribution in [2.45, 2.75) is 33.3 Å². The Balaban J connectivity index is 1.53. The zero-order valence-corrected chi connectivity index (χ0v) is 16.9. The normalized spacial score (nSPS) is 11.9. The van der Waals surface area contributed by atoms with Gasteiger partial charge in [-0.25, -0.2) is 4.98 Å². The van der Waals surface area contributed by atoms with Gasteiger partial charge in [0.05, 0.1) is 5.69 Å². The lowest BCUT2D eigenvalue weighted by molar-refractivity contribution is -0.127. The smallest absolute Gasteiger partial charge is 0.260 e. The molecule has 3 aromatic rings. The fourth-order valence-electron chi connectivity index (χ4n) is 2.80. The lowest BCUT2D eigenvalue weighted by Gasteiger charge is -2.16. The fraction of sp³-hybridized carbons (Fsp3) is 0.273. The summed E-state index contributed by atoms with van der Waals surface area (Å²) in [6.45, 7) is 5.95. The number of hydrogen-bond acceptors (Lipinski definition) is 4. The lowest BCUT2D eigenvalue weighted by atomic mass is 10.2. The van der Waals surface area contributed by atoms with E-state index in [2.05, 4.69) is 10.3 Å². The standard InChI is InChI=1S/C22H23ClN2O3/c1-14-13-18(23)9-10-20(14)27-16(3)21(26)24-12-11-19-15(2)28-22(25-19)17-7-5-4-6-8-17/h4-10,13,16H,11-12H2,1-3H3,(H,24,26)/t16-/m0/s1. The van der Waals surface area contributed by atoms with Gasteiger partial charge in [0.15, 0.2) is 6.10 Å². The molecule has 0 unspecified atom stereocenters. The summed E-state index contributed by atoms with van der Waals surface area (Å²) in [6, 6.07) is 15.1. The van der Waals surface area contributed by atoms with Crippen molar-refractivity contribution in [3.8, 4) is 17.2 Å². The molecule has 0 saturated heterocycles. The zero-order valence-electron chi connectivity index (χ0n) is 16.2. The first-order valence-corrected chi connectivity index (χ1v) is 9.54. The highest BCUT2D eigenvalue weighted by atomic mass is 35.5. The highest BCUT2D eigenvalue weighted by Gasteiger charge is 2.16. The molecule has 0 aliphatic carbocycles. The van der Waals surface area contributed by atoms with Gasteiger partial charge < -0.3 is 14.5 Å². The maximum absolute atomic E-state index is 12.3. The summed E-state index contributed by atoms with van der Waals surface area (Å²) in [5, 5.41) is 3.53. The van der Waals surface area contributed by atoms with Gasteiger partial charge >= 0.3 is 0 Å². The third-order valence-electron chi connectivity index (χ3n) is 4.38. The first-order chi connectivity index (χ1) is 13.4. The van der Waals surface area contributed by atoms with E-state index in [-0.39, 0.29) is 5.91 Å². The quantitative estimate of drug-likeness (QED) is 0.624. The highest BCUT2D eigenvalue weighted by Crippen LogP contribution is 2.23. The molecule has 2 aromatic carbocycles. The number of nitrogens with one attached hydrogen (secondary N) is 1. The van der Waals surface area contributed by atoms with E-state index in [9.17, 15) is 4.79 Å². The first kappa shape index (κ1) is 20.0. The monoisotopic (exact) mass is 398 g/mol. The lowest BCUT2D eigenvalue weighted by Crippen LogP contribution is -2.37. The van der Waals surface area contributed by atoms with E-state index in [1.54, 1.807) is 25.1 Å². The number of halogens is 1. The number of hydrogen-bond donors (Lipinski definition) is 1. The summed E-state index contributed by atoms with van der Waals surface area (Å²) in [6.07, 6.45) is -0.0289. The number of amides is 1. The summed E-state index contributed by atoms with van der Waals surface area (Å²) in [5.74, 6) is 1.81. The molecule has 1 N–H and O–H groups in total. The number of ether oxygens (including phenoxy) is 1. The molecule has 3 rings (SSSR count). The van der Waals surface area contributed by atoms with Crippen LogP contribution in [0.1, 0.15) is 23.9 Å². The van der Waals surface area contributed by atoms with E-state index < -0.39 is 6.10 Å². The molecular formula is C22H23ClN2O3. The Hall–Kier alpha value is -2.79. The SMILES string of the molecule is Cc1cc(Cl)ccc1O[C@@H](C)C(=O)NCCc1nc(-c2ccccc2)oc1C. The summed E-state index contributed by atoms with van der Waals surface area (Å²) in [7, 11) is 0. The van der Waals surface area contributed by atoms with Crippen molar-refractivity contribution in [3.05, 3.63) is 70.6 Å². The minimum Gasteiger partial charge on any atom is -0.481 e. The Kier molecular flexibility index (Phi) is 6.37. The minimum atomic E-state index is -0.613. The maximum atomic E-state index is 12.3. The van der Waals surface area contributed by atoms with E-state index in [1.165, 1.54) is 0 Å². The molecule has 1 atom stereocenters. The zero-order chi connectivity index (χ0) is 20.1. The number of aromatic nitrogens is 1. The van der Waals surface area contributed by atoms with Gasteiger partial charge in [-0.05, 0) is 56.7 Å². The van der Waals surface area contributed by atoms with Crippen LogP contribution in [0.5, 0.6) is 5.75 Å². The second-order valence-electron chi connectivity index (χ2n) is 6.60. The number of carbonyl (C=O) groups excluding carboxylic acids is 1. The van der Waals surface area contributed by atoms with Crippen molar-refractivity contribution in [1.29, 1.82) is 0 Å². The van der Waals surface area contributed by atoms with Crippen LogP contribution in [-0.4, -0.2) is 23.5 Å². The molecule has 5 nitrogen and oxygen atoms in total. The van der Waals surface area contributed by atoms with E-state index in [4.69, 9.17) is 20.8 Å². The molecule has 0 radical (unpaired) electrons. The third-order valence-corrected chi connectivity index (χ3v) is 4.62. The topological polar surface area (TPSA) is 64.4 Å². The second-order valence-corrected chi connectivity index (χ2v) is 7.04. The molecule has 0 spiro atoms. The van der Waals surface area contributed by atoms with E-state index in [0.717, 1.165) is 22.6 Å². The molecule has 1 amide bonds. The van der Waals surface area contributed by atoms with Crippen LogP contribution in [0.3, 0.4) is 0 Å². The van der Waals surface area contributed by atoms with Crippen LogP contribution in [0.2, 0.25) is 5.02 Å². The summed E-state index contributed by atoms with van der Waals surface area (Å²) < 4.78 is 11.5. The van der Waals surface area contributed by atoms with Crippen LogP contribution in [-0.2, 0) is 11.2 Å².